The molecule has 37 heavy (non-hydrogen) atoms. The SMILES string of the molecule is COc1cc([C@@H]2/C(=C(\O)c3ccc4c(c3)C[C@@H](C)O4)C(=O)C(=O)N2CCCn2ccnc2)cc(Br)c1O. The Morgan fingerprint density at radius 3 is 2.78 bits per heavy atom. The third-order valence-corrected chi connectivity index (χ3v) is 7.27. The topological polar surface area (TPSA) is 114 Å². The van der Waals surface area contributed by atoms with Crippen LogP contribution in [0.15, 0.2) is 59.1 Å². The quantitative estimate of drug-likeness (QED) is 0.250. The molecule has 1 amide bonds. The average Bonchev–Trinajstić information content (AvgIpc) is 3.59. The van der Waals surface area contributed by atoms with Gasteiger partial charge in [0.15, 0.2) is 11.5 Å². The van der Waals surface area contributed by atoms with Crippen molar-refractivity contribution in [2.24, 2.45) is 0 Å². The van der Waals surface area contributed by atoms with Crippen LogP contribution in [0.5, 0.6) is 17.2 Å². The number of imidazole rings is 1. The second-order valence-electron chi connectivity index (χ2n) is 9.16. The number of aliphatic hydroxyl groups is 1. The number of phenolic OH excluding ortho intramolecular Hbond substituents is 1. The van der Waals surface area contributed by atoms with E-state index in [4.69, 9.17) is 9.47 Å². The monoisotopic (exact) mass is 567 g/mol. The number of benzene rings is 2. The highest BCUT2D eigenvalue weighted by atomic mass is 79.9. The summed E-state index contributed by atoms with van der Waals surface area (Å²) in [5.41, 5.74) is 1.86. The van der Waals surface area contributed by atoms with E-state index in [1.807, 2.05) is 17.7 Å². The summed E-state index contributed by atoms with van der Waals surface area (Å²) in [6, 6.07) is 7.57. The van der Waals surface area contributed by atoms with Gasteiger partial charge in [0.25, 0.3) is 11.7 Å². The Bertz CT molecular complexity index is 1400. The van der Waals surface area contributed by atoms with Gasteiger partial charge in [-0.15, -0.1) is 0 Å². The first-order valence-electron chi connectivity index (χ1n) is 11.9. The number of hydrogen-bond donors (Lipinski definition) is 2. The molecule has 2 aromatic carbocycles. The van der Waals surface area contributed by atoms with Crippen molar-refractivity contribution in [1.82, 2.24) is 14.5 Å². The van der Waals surface area contributed by atoms with Crippen LogP contribution in [0.2, 0.25) is 0 Å². The molecule has 3 heterocycles. The Balaban J connectivity index is 1.59. The van der Waals surface area contributed by atoms with Gasteiger partial charge in [-0.25, -0.2) is 4.98 Å². The zero-order valence-electron chi connectivity index (χ0n) is 20.3. The maximum Gasteiger partial charge on any atom is 0.295 e. The van der Waals surface area contributed by atoms with Crippen molar-refractivity contribution in [3.05, 3.63) is 75.8 Å². The second kappa shape index (κ2) is 9.93. The van der Waals surface area contributed by atoms with E-state index >= 15 is 0 Å². The third-order valence-electron chi connectivity index (χ3n) is 6.67. The first kappa shape index (κ1) is 24.9. The molecule has 0 radical (unpaired) electrons. The van der Waals surface area contributed by atoms with Crippen molar-refractivity contribution in [2.75, 3.05) is 13.7 Å². The molecule has 3 aromatic rings. The highest BCUT2D eigenvalue weighted by molar-refractivity contribution is 9.10. The molecule has 0 spiro atoms. The summed E-state index contributed by atoms with van der Waals surface area (Å²) >= 11 is 3.33. The number of phenols is 1. The molecule has 0 unspecified atom stereocenters. The number of ether oxygens (including phenoxy) is 2. The van der Waals surface area contributed by atoms with E-state index in [1.165, 1.54) is 12.0 Å². The lowest BCUT2D eigenvalue weighted by molar-refractivity contribution is -0.139. The van der Waals surface area contributed by atoms with Crippen LogP contribution < -0.4 is 9.47 Å². The number of aromatic nitrogens is 2. The molecule has 1 aromatic heterocycles. The van der Waals surface area contributed by atoms with Crippen LogP contribution in [0.4, 0.5) is 0 Å². The molecule has 2 aliphatic heterocycles. The van der Waals surface area contributed by atoms with Gasteiger partial charge in [0.2, 0.25) is 0 Å². The Labute approximate surface area is 222 Å². The van der Waals surface area contributed by atoms with Crippen LogP contribution in [0.3, 0.4) is 0 Å². The first-order valence-corrected chi connectivity index (χ1v) is 12.7. The van der Waals surface area contributed by atoms with Gasteiger partial charge in [-0.3, -0.25) is 9.59 Å². The summed E-state index contributed by atoms with van der Waals surface area (Å²) in [7, 11) is 1.42. The number of aromatic hydroxyl groups is 1. The van der Waals surface area contributed by atoms with Crippen molar-refractivity contribution in [3.63, 3.8) is 0 Å². The van der Waals surface area contributed by atoms with Gasteiger partial charge in [0.1, 0.15) is 17.6 Å². The number of hydrogen-bond acceptors (Lipinski definition) is 7. The van der Waals surface area contributed by atoms with Crippen molar-refractivity contribution in [1.29, 1.82) is 0 Å². The highest BCUT2D eigenvalue weighted by Crippen LogP contribution is 2.44. The van der Waals surface area contributed by atoms with Crippen LogP contribution in [-0.4, -0.2) is 56.1 Å². The van der Waals surface area contributed by atoms with E-state index in [-0.39, 0.29) is 35.5 Å². The fraction of sp³-hybridized carbons (Fsp3) is 0.296. The molecule has 0 aliphatic carbocycles. The Hall–Kier alpha value is -3.79. The number of amides is 1. The van der Waals surface area contributed by atoms with Gasteiger partial charge >= 0.3 is 0 Å². The minimum Gasteiger partial charge on any atom is -0.507 e. The number of halogens is 1. The summed E-state index contributed by atoms with van der Waals surface area (Å²) in [6.07, 6.45) is 6.46. The molecule has 10 heteroatoms. The zero-order valence-corrected chi connectivity index (χ0v) is 21.9. The second-order valence-corrected chi connectivity index (χ2v) is 10.0. The number of aliphatic hydroxyl groups excluding tert-OH is 1. The van der Waals surface area contributed by atoms with Gasteiger partial charge in [0.05, 0.1) is 29.5 Å². The van der Waals surface area contributed by atoms with Crippen molar-refractivity contribution in [3.8, 4) is 17.2 Å². The molecule has 0 saturated carbocycles. The fourth-order valence-corrected chi connectivity index (χ4v) is 5.39. The number of nitrogens with zero attached hydrogens (tertiary/aromatic N) is 3. The summed E-state index contributed by atoms with van der Waals surface area (Å²) in [6.45, 7) is 2.83. The first-order chi connectivity index (χ1) is 17.8. The minimum atomic E-state index is -0.878. The van der Waals surface area contributed by atoms with Gasteiger partial charge in [-0.1, -0.05) is 0 Å². The smallest absolute Gasteiger partial charge is 0.295 e. The van der Waals surface area contributed by atoms with E-state index in [0.29, 0.717) is 35.0 Å². The van der Waals surface area contributed by atoms with Crippen molar-refractivity contribution in [2.45, 2.75) is 38.5 Å². The number of carbonyl (C=O) groups excluding carboxylic acids is 2. The van der Waals surface area contributed by atoms with Crippen LogP contribution in [0.25, 0.3) is 5.76 Å². The number of carbonyl (C=O) groups is 2. The lowest BCUT2D eigenvalue weighted by Gasteiger charge is -2.26. The molecule has 0 bridgehead atoms. The average molecular weight is 568 g/mol. The van der Waals surface area contributed by atoms with E-state index in [2.05, 4.69) is 20.9 Å². The number of Topliss-reactive ketones (excluding diaryl/α,β-unsaturated/α-hetero) is 1. The normalized spacial score (nSPS) is 20.2. The summed E-state index contributed by atoms with van der Waals surface area (Å²) < 4.78 is 13.3. The molecule has 5 rings (SSSR count). The molecule has 1 saturated heterocycles. The van der Waals surface area contributed by atoms with Gasteiger partial charge in [-0.05, 0) is 70.7 Å². The molecule has 2 N–H and O–H groups in total. The summed E-state index contributed by atoms with van der Waals surface area (Å²) in [4.78, 5) is 32.1. The molecule has 2 atom stereocenters. The largest absolute Gasteiger partial charge is 0.507 e. The summed E-state index contributed by atoms with van der Waals surface area (Å²) in [5.74, 6) is -0.899. The van der Waals surface area contributed by atoms with Crippen molar-refractivity contribution >= 4 is 33.4 Å². The van der Waals surface area contributed by atoms with Crippen LogP contribution in [0.1, 0.15) is 36.1 Å². The lowest BCUT2D eigenvalue weighted by Crippen LogP contribution is -2.31. The Kier molecular flexibility index (Phi) is 6.68. The predicted molar refractivity (Wildman–Crippen MR) is 138 cm³/mol. The maximum atomic E-state index is 13.4. The number of aryl methyl sites for hydroxylation is 1. The third kappa shape index (κ3) is 4.57. The maximum absolute atomic E-state index is 13.4. The standard InChI is InChI=1S/C27H26BrN3O6/c1-15-10-17-11-16(4-5-20(17)37-15)24(32)22-23(18-12-19(28)25(33)21(13-18)36-2)31(27(35)26(22)34)8-3-7-30-9-6-29-14-30/h4-6,9,11-15,23,32-33H,3,7-8,10H2,1-2H3/b24-22+/t15-,23-/m1/s1. The Morgan fingerprint density at radius 1 is 1.24 bits per heavy atom. The number of rotatable bonds is 7. The Morgan fingerprint density at radius 2 is 2.05 bits per heavy atom. The van der Waals surface area contributed by atoms with Crippen LogP contribution in [0, 0.1) is 0 Å². The molecule has 192 valence electrons. The highest BCUT2D eigenvalue weighted by Gasteiger charge is 2.46. The molecular weight excluding hydrogens is 542 g/mol. The minimum absolute atomic E-state index is 0.0146. The van der Waals surface area contributed by atoms with Gasteiger partial charge in [0, 0.05) is 37.5 Å². The molecule has 9 nitrogen and oxygen atoms in total. The zero-order chi connectivity index (χ0) is 26.3. The number of fused-ring (bicyclic) bond motifs is 1. The van der Waals surface area contributed by atoms with Crippen LogP contribution >= 0.6 is 15.9 Å². The molecule has 2 aliphatic rings. The summed E-state index contributed by atoms with van der Waals surface area (Å²) in [5, 5.41) is 21.8. The van der Waals surface area contributed by atoms with E-state index in [0.717, 1.165) is 11.3 Å². The van der Waals surface area contributed by atoms with Gasteiger partial charge in [-0.2, -0.15) is 0 Å². The number of methoxy groups -OCH3 is 1. The lowest BCUT2D eigenvalue weighted by atomic mass is 9.94. The molecular formula is C27H26BrN3O6. The molecule has 1 fully saturated rings. The van der Waals surface area contributed by atoms with E-state index < -0.39 is 17.7 Å². The van der Waals surface area contributed by atoms with Gasteiger partial charge < -0.3 is 29.2 Å². The van der Waals surface area contributed by atoms with Crippen molar-refractivity contribution < 1.29 is 29.3 Å². The van der Waals surface area contributed by atoms with E-state index in [1.54, 1.807) is 42.9 Å². The predicted octanol–water partition coefficient (Wildman–Crippen LogP) is 4.20. The van der Waals surface area contributed by atoms with E-state index in [9.17, 15) is 19.8 Å². The number of likely N-dealkylation sites (tertiary alicyclic amines) is 1. The van der Waals surface area contributed by atoms with Crippen LogP contribution in [-0.2, 0) is 22.6 Å². The fourth-order valence-electron chi connectivity index (χ4n) is 4.93. The number of ketones is 1.